The molecule has 0 radical (unpaired) electrons. The number of nitrogens with one attached hydrogen (secondary N) is 2. The fourth-order valence-electron chi connectivity index (χ4n) is 7.10. The molecule has 7 nitrogen and oxygen atoms in total. The van der Waals surface area contributed by atoms with Crippen molar-refractivity contribution < 1.29 is 19.1 Å². The number of allylic oxidation sites excluding steroid dienone is 6. The van der Waals surface area contributed by atoms with Gasteiger partial charge in [0.2, 0.25) is 0 Å². The SMILES string of the molecule is COC(=O)c1c[nH]c2c1=CN1C(=C3C=2CC=CC3CCNC(=O)OC(C)(C)C)C=C2C=CC=C(C3CCCCC3)C21. The number of esters is 1. The first-order chi connectivity index (χ1) is 19.7. The third kappa shape index (κ3) is 5.22. The van der Waals surface area contributed by atoms with Crippen molar-refractivity contribution in [3.63, 3.8) is 0 Å². The molecule has 2 unspecified atom stereocenters. The van der Waals surface area contributed by atoms with Crippen LogP contribution in [-0.4, -0.2) is 47.2 Å². The molecule has 0 spiro atoms. The van der Waals surface area contributed by atoms with E-state index in [0.717, 1.165) is 23.4 Å². The summed E-state index contributed by atoms with van der Waals surface area (Å²) >= 11 is 0. The van der Waals surface area contributed by atoms with Gasteiger partial charge in [-0.3, -0.25) is 0 Å². The molecular weight excluding hydrogens is 514 g/mol. The van der Waals surface area contributed by atoms with Gasteiger partial charge in [-0.15, -0.1) is 0 Å². The third-order valence-corrected chi connectivity index (χ3v) is 8.83. The molecule has 2 N–H and O–H groups in total. The number of nitrogens with zero attached hydrogens (tertiary/aromatic N) is 1. The fraction of sp³-hybridized carbons (Fsp3) is 0.471. The van der Waals surface area contributed by atoms with Crippen LogP contribution in [0.1, 0.15) is 76.1 Å². The zero-order valence-corrected chi connectivity index (χ0v) is 24.6. The lowest BCUT2D eigenvalue weighted by Crippen LogP contribution is -2.36. The number of hydrogen-bond donors (Lipinski definition) is 2. The Labute approximate surface area is 242 Å². The van der Waals surface area contributed by atoms with Crippen LogP contribution in [0.4, 0.5) is 4.79 Å². The molecule has 1 aromatic rings. The highest BCUT2D eigenvalue weighted by molar-refractivity contribution is 5.90. The van der Waals surface area contributed by atoms with Gasteiger partial charge in [0.1, 0.15) is 5.60 Å². The summed E-state index contributed by atoms with van der Waals surface area (Å²) in [4.78, 5) is 31.1. The average Bonchev–Trinajstić information content (AvgIpc) is 3.50. The van der Waals surface area contributed by atoms with Gasteiger partial charge in [0, 0.05) is 35.8 Å². The Kier molecular flexibility index (Phi) is 7.30. The number of carbonyl (C=O) groups excluding carboxylic acids is 2. The van der Waals surface area contributed by atoms with E-state index >= 15 is 0 Å². The first-order valence-electron chi connectivity index (χ1n) is 15.0. The van der Waals surface area contributed by atoms with Gasteiger partial charge in [0.05, 0.1) is 24.1 Å². The Bertz CT molecular complexity index is 1520. The van der Waals surface area contributed by atoms with Crippen LogP contribution in [0.5, 0.6) is 0 Å². The zero-order chi connectivity index (χ0) is 28.7. The van der Waals surface area contributed by atoms with Gasteiger partial charge in [0.15, 0.2) is 0 Å². The van der Waals surface area contributed by atoms with Crippen LogP contribution in [0.3, 0.4) is 0 Å². The normalized spacial score (nSPS) is 23.4. The second kappa shape index (κ2) is 10.9. The number of fused-ring (bicyclic) bond motifs is 5. The summed E-state index contributed by atoms with van der Waals surface area (Å²) in [5.74, 6) is 0.323. The van der Waals surface area contributed by atoms with E-state index in [9.17, 15) is 9.59 Å². The van der Waals surface area contributed by atoms with Crippen LogP contribution >= 0.6 is 0 Å². The van der Waals surface area contributed by atoms with E-state index in [4.69, 9.17) is 9.47 Å². The van der Waals surface area contributed by atoms with Crippen LogP contribution in [-0.2, 0) is 9.47 Å². The van der Waals surface area contributed by atoms with E-state index in [1.165, 1.54) is 67.2 Å². The number of ether oxygens (including phenoxy) is 2. The first-order valence-corrected chi connectivity index (χ1v) is 15.0. The minimum atomic E-state index is -0.539. The fourth-order valence-corrected chi connectivity index (χ4v) is 7.10. The predicted octanol–water partition coefficient (Wildman–Crippen LogP) is 5.14. The summed E-state index contributed by atoms with van der Waals surface area (Å²) in [6.07, 6.45) is 25.0. The summed E-state index contributed by atoms with van der Waals surface area (Å²) < 4.78 is 10.6. The van der Waals surface area contributed by atoms with Gasteiger partial charge < -0.3 is 24.7 Å². The molecule has 1 aromatic heterocycles. The molecule has 7 heteroatoms. The highest BCUT2D eigenvalue weighted by Crippen LogP contribution is 2.46. The molecular formula is C34H41N3O4. The minimum Gasteiger partial charge on any atom is -0.465 e. The second-order valence-electron chi connectivity index (χ2n) is 12.7. The van der Waals surface area contributed by atoms with E-state index < -0.39 is 11.7 Å². The third-order valence-electron chi connectivity index (χ3n) is 8.83. The van der Waals surface area contributed by atoms with Crippen LogP contribution < -0.4 is 15.9 Å². The average molecular weight is 556 g/mol. The molecule has 2 aliphatic heterocycles. The quantitative estimate of drug-likeness (QED) is 0.389. The molecule has 3 heterocycles. The standard InChI is InChI=1S/C34H41N3O4/c1-34(2,3)41-33(39)35-17-16-22-12-8-15-25-29(22)28-18-23-13-9-14-24(21-10-6-5-7-11-21)31(23)37(28)20-27-26(32(38)40-4)19-36-30(25)27/h8-9,12-14,18-22,31,36H,5-7,10-11,15-17H2,1-4H3,(H,35,39). The summed E-state index contributed by atoms with van der Waals surface area (Å²) in [7, 11) is 1.43. The summed E-state index contributed by atoms with van der Waals surface area (Å²) in [5.41, 5.74) is 6.41. The van der Waals surface area contributed by atoms with E-state index in [-0.39, 0.29) is 17.9 Å². The number of rotatable bonds is 5. The molecule has 1 amide bonds. The van der Waals surface area contributed by atoms with Gasteiger partial charge in [-0.1, -0.05) is 49.6 Å². The molecule has 216 valence electrons. The molecule has 0 bridgehead atoms. The first kappa shape index (κ1) is 27.4. The highest BCUT2D eigenvalue weighted by atomic mass is 16.6. The Morgan fingerprint density at radius 3 is 2.73 bits per heavy atom. The van der Waals surface area contributed by atoms with Crippen molar-refractivity contribution in [3.8, 4) is 0 Å². The van der Waals surface area contributed by atoms with E-state index in [2.05, 4.69) is 57.9 Å². The molecule has 1 fully saturated rings. The number of methoxy groups -OCH3 is 1. The number of hydrogen-bond acceptors (Lipinski definition) is 5. The maximum Gasteiger partial charge on any atom is 0.407 e. The maximum atomic E-state index is 12.9. The largest absolute Gasteiger partial charge is 0.465 e. The molecule has 6 rings (SSSR count). The van der Waals surface area contributed by atoms with Crippen molar-refractivity contribution in [2.24, 2.45) is 11.8 Å². The summed E-state index contributed by atoms with van der Waals surface area (Å²) in [6, 6.07) is 0.115. The summed E-state index contributed by atoms with van der Waals surface area (Å²) in [6.45, 7) is 6.11. The van der Waals surface area contributed by atoms with E-state index in [0.29, 0.717) is 18.0 Å². The Balaban J connectivity index is 1.43. The minimum absolute atomic E-state index is 0.0958. The lowest BCUT2D eigenvalue weighted by atomic mass is 9.77. The number of alkyl carbamates (subject to hydrolysis) is 1. The summed E-state index contributed by atoms with van der Waals surface area (Å²) in [5, 5.41) is 4.81. The van der Waals surface area contributed by atoms with Crippen molar-refractivity contribution in [1.29, 1.82) is 0 Å². The van der Waals surface area contributed by atoms with Crippen LogP contribution in [0.15, 0.2) is 65.1 Å². The zero-order valence-electron chi connectivity index (χ0n) is 24.6. The predicted molar refractivity (Wildman–Crippen MR) is 160 cm³/mol. The van der Waals surface area contributed by atoms with Crippen molar-refractivity contribution in [2.75, 3.05) is 13.7 Å². The Morgan fingerprint density at radius 1 is 1.17 bits per heavy atom. The molecule has 3 aliphatic carbocycles. The smallest absolute Gasteiger partial charge is 0.407 e. The van der Waals surface area contributed by atoms with E-state index in [1.54, 1.807) is 6.20 Å². The van der Waals surface area contributed by atoms with Crippen molar-refractivity contribution in [2.45, 2.75) is 77.4 Å². The molecule has 1 saturated carbocycles. The molecule has 2 atom stereocenters. The number of H-pyrrole nitrogens is 1. The van der Waals surface area contributed by atoms with Crippen molar-refractivity contribution in [1.82, 2.24) is 15.2 Å². The van der Waals surface area contributed by atoms with Gasteiger partial charge >= 0.3 is 12.1 Å². The lowest BCUT2D eigenvalue weighted by molar-refractivity contribution is 0.0525. The van der Waals surface area contributed by atoms with Crippen LogP contribution in [0.2, 0.25) is 0 Å². The molecule has 41 heavy (non-hydrogen) atoms. The number of amides is 1. The van der Waals surface area contributed by atoms with Crippen LogP contribution in [0, 0.1) is 11.8 Å². The Hall–Kier alpha value is -3.74. The molecule has 0 saturated heterocycles. The van der Waals surface area contributed by atoms with Crippen LogP contribution in [0.25, 0.3) is 11.8 Å². The molecule has 5 aliphatic rings. The van der Waals surface area contributed by atoms with E-state index in [1.807, 2.05) is 20.8 Å². The number of aromatic amines is 1. The topological polar surface area (TPSA) is 83.7 Å². The van der Waals surface area contributed by atoms with Gasteiger partial charge in [-0.2, -0.15) is 0 Å². The van der Waals surface area contributed by atoms with Crippen molar-refractivity contribution in [3.05, 3.63) is 81.2 Å². The lowest BCUT2D eigenvalue weighted by Gasteiger charge is -2.36. The van der Waals surface area contributed by atoms with Crippen molar-refractivity contribution >= 4 is 23.8 Å². The maximum absolute atomic E-state index is 12.9. The van der Waals surface area contributed by atoms with Gasteiger partial charge in [-0.05, 0) is 80.7 Å². The monoisotopic (exact) mass is 555 g/mol. The van der Waals surface area contributed by atoms with Gasteiger partial charge in [-0.25, -0.2) is 9.59 Å². The molecule has 0 aromatic carbocycles. The second-order valence-corrected chi connectivity index (χ2v) is 12.7. The number of carbonyl (C=O) groups is 2. The highest BCUT2D eigenvalue weighted by Gasteiger charge is 2.39. The van der Waals surface area contributed by atoms with Gasteiger partial charge in [0.25, 0.3) is 0 Å². The number of aromatic nitrogens is 1. The Morgan fingerprint density at radius 2 is 1.98 bits per heavy atom.